The van der Waals surface area contributed by atoms with E-state index in [0.29, 0.717) is 48.2 Å². The fourth-order valence-electron chi connectivity index (χ4n) is 11.0. The van der Waals surface area contributed by atoms with Gasteiger partial charge >= 0.3 is 0 Å². The van der Waals surface area contributed by atoms with Gasteiger partial charge in [-0.2, -0.15) is 0 Å². The molecule has 0 radical (unpaired) electrons. The lowest BCUT2D eigenvalue weighted by molar-refractivity contribution is -0.175. The molecule has 1 saturated heterocycles. The van der Waals surface area contributed by atoms with Crippen molar-refractivity contribution in [1.29, 1.82) is 0 Å². The number of amides is 3. The van der Waals surface area contributed by atoms with E-state index in [-0.39, 0.29) is 58.5 Å². The van der Waals surface area contributed by atoms with Crippen LogP contribution in [0.3, 0.4) is 0 Å². The summed E-state index contributed by atoms with van der Waals surface area (Å²) in [5.74, 6) is 2.45. The molecule has 12 heteroatoms. The van der Waals surface area contributed by atoms with E-state index in [1.54, 1.807) is 6.92 Å². The number of aliphatic hydroxyl groups excluding tert-OH is 2. The van der Waals surface area contributed by atoms with E-state index in [2.05, 4.69) is 41.4 Å². The van der Waals surface area contributed by atoms with Crippen LogP contribution in [0.1, 0.15) is 91.9 Å². The van der Waals surface area contributed by atoms with Crippen molar-refractivity contribution in [3.05, 3.63) is 21.7 Å². The summed E-state index contributed by atoms with van der Waals surface area (Å²) in [5, 5.41) is 30.7. The summed E-state index contributed by atoms with van der Waals surface area (Å²) < 4.78 is 0. The molecule has 0 aromatic carbocycles. The molecule has 11 nitrogen and oxygen atoms in total. The summed E-state index contributed by atoms with van der Waals surface area (Å²) in [4.78, 5) is 43.0. The average molecular weight is 643 g/mol. The van der Waals surface area contributed by atoms with Gasteiger partial charge in [-0.1, -0.05) is 25.9 Å². The molecule has 5 fully saturated rings. The molecule has 0 aromatic heterocycles. The van der Waals surface area contributed by atoms with Crippen molar-refractivity contribution in [2.45, 2.75) is 116 Å². The maximum atomic E-state index is 13.2. The second kappa shape index (κ2) is 12.4. The van der Waals surface area contributed by atoms with Gasteiger partial charge in [-0.25, -0.2) is 0 Å². The normalized spacial score (nSPS) is 42.7. The quantitative estimate of drug-likeness (QED) is 0.132. The summed E-state index contributed by atoms with van der Waals surface area (Å²) in [5.41, 5.74) is 9.58. The van der Waals surface area contributed by atoms with Gasteiger partial charge in [0.1, 0.15) is 17.1 Å². The lowest BCUT2D eigenvalue weighted by atomic mass is 9.43. The number of thioether (sulfide) groups is 1. The van der Waals surface area contributed by atoms with Gasteiger partial charge in [-0.15, -0.1) is 11.8 Å². The van der Waals surface area contributed by atoms with E-state index in [9.17, 15) is 24.6 Å². The van der Waals surface area contributed by atoms with Crippen LogP contribution in [0.4, 0.5) is 0 Å². The monoisotopic (exact) mass is 642 g/mol. The van der Waals surface area contributed by atoms with Gasteiger partial charge in [-0.3, -0.25) is 19.3 Å². The van der Waals surface area contributed by atoms with Crippen molar-refractivity contribution in [3.8, 4) is 0 Å². The molecule has 4 N–H and O–H groups in total. The Morgan fingerprint density at radius 3 is 2.69 bits per heavy atom. The Labute approximate surface area is 270 Å². The number of nitrogens with zero attached hydrogens (tertiary/aromatic N) is 4. The van der Waals surface area contributed by atoms with E-state index in [4.69, 9.17) is 5.53 Å². The van der Waals surface area contributed by atoms with Crippen molar-refractivity contribution in [2.75, 3.05) is 12.4 Å². The first kappa shape index (κ1) is 32.7. The Hall–Kier alpha value is -2.27. The summed E-state index contributed by atoms with van der Waals surface area (Å²) in [6.45, 7) is 8.60. The van der Waals surface area contributed by atoms with Crippen molar-refractivity contribution < 1.29 is 24.6 Å². The summed E-state index contributed by atoms with van der Waals surface area (Å²) in [7, 11) is 0. The van der Waals surface area contributed by atoms with Crippen molar-refractivity contribution in [2.24, 2.45) is 51.5 Å². The number of hydrogen-bond donors (Lipinski definition) is 4. The highest BCUT2D eigenvalue weighted by atomic mass is 32.2. The van der Waals surface area contributed by atoms with E-state index < -0.39 is 11.9 Å². The molecule has 0 spiro atoms. The second-order valence-electron chi connectivity index (χ2n) is 15.4. The zero-order valence-electron chi connectivity index (χ0n) is 27.1. The van der Waals surface area contributed by atoms with Crippen LogP contribution >= 0.6 is 11.8 Å². The molecule has 12 unspecified atom stereocenters. The van der Waals surface area contributed by atoms with Gasteiger partial charge in [0.2, 0.25) is 5.91 Å². The standard InChI is InChI=1S/C33H50N6O5S/c1-17(5-10-26(42)37-27-30(44)39-28(18(2)15-45-31(27)39)29(43)35-16-36-38-34)22-8-9-23-21-7-6-19-13-20(40)11-12-32(19,3)24(21)14-25(41)33(22,23)4/h17,19-25,27,31,40-41H,5-16H2,1-4H3,(H,35,43)(H,37,42). The number of nitrogens with one attached hydrogen (secondary N) is 2. The van der Waals surface area contributed by atoms with Crippen LogP contribution in [0.25, 0.3) is 10.4 Å². The third kappa shape index (κ3) is 5.37. The van der Waals surface area contributed by atoms with Gasteiger partial charge in [0, 0.05) is 17.1 Å². The molecule has 4 aliphatic carbocycles. The topological polar surface area (TPSA) is 168 Å². The summed E-state index contributed by atoms with van der Waals surface area (Å²) in [6.07, 6.45) is 8.80. The average Bonchev–Trinajstić information content (AvgIpc) is 3.38. The van der Waals surface area contributed by atoms with Gasteiger partial charge in [0.05, 0.1) is 18.9 Å². The van der Waals surface area contributed by atoms with Crippen LogP contribution in [-0.4, -0.2) is 68.9 Å². The minimum absolute atomic E-state index is 0.155. The lowest BCUT2D eigenvalue weighted by Gasteiger charge is -2.62. The van der Waals surface area contributed by atoms with Crippen LogP contribution in [0, 0.1) is 46.3 Å². The Bertz CT molecular complexity index is 1300. The first-order valence-corrected chi connectivity index (χ1v) is 18.1. The largest absolute Gasteiger partial charge is 0.393 e. The van der Waals surface area contributed by atoms with Crippen molar-refractivity contribution in [3.63, 3.8) is 0 Å². The highest BCUT2D eigenvalue weighted by Gasteiger charge is 2.63. The molecule has 248 valence electrons. The van der Waals surface area contributed by atoms with Crippen molar-refractivity contribution >= 4 is 29.5 Å². The second-order valence-corrected chi connectivity index (χ2v) is 16.5. The predicted molar refractivity (Wildman–Crippen MR) is 171 cm³/mol. The number of carbonyl (C=O) groups is 3. The highest BCUT2D eigenvalue weighted by molar-refractivity contribution is 8.00. The number of carbonyl (C=O) groups excluding carboxylic acids is 3. The van der Waals surface area contributed by atoms with Gasteiger partial charge in [-0.05, 0) is 122 Å². The molecule has 45 heavy (non-hydrogen) atoms. The number of hydrogen-bond acceptors (Lipinski definition) is 7. The summed E-state index contributed by atoms with van der Waals surface area (Å²) in [6, 6.07) is -0.672. The lowest BCUT2D eigenvalue weighted by Crippen LogP contribution is -2.70. The van der Waals surface area contributed by atoms with E-state index in [1.165, 1.54) is 29.5 Å². The smallest absolute Gasteiger partial charge is 0.268 e. The molecule has 2 heterocycles. The van der Waals surface area contributed by atoms with Crippen LogP contribution in [0.15, 0.2) is 16.4 Å². The molecule has 3 amide bonds. The van der Waals surface area contributed by atoms with Crippen LogP contribution < -0.4 is 10.6 Å². The maximum absolute atomic E-state index is 13.2. The summed E-state index contributed by atoms with van der Waals surface area (Å²) >= 11 is 1.53. The van der Waals surface area contributed by atoms with Gasteiger partial charge in [0.25, 0.3) is 11.8 Å². The molecule has 6 rings (SSSR count). The minimum Gasteiger partial charge on any atom is -0.393 e. The molecule has 0 bridgehead atoms. The molecular formula is C33H50N6O5S. The van der Waals surface area contributed by atoms with Crippen LogP contribution in [-0.2, 0) is 14.4 Å². The zero-order chi connectivity index (χ0) is 32.3. The first-order chi connectivity index (χ1) is 21.4. The van der Waals surface area contributed by atoms with Gasteiger partial charge in [0.15, 0.2) is 0 Å². The van der Waals surface area contributed by atoms with Crippen LogP contribution in [0.5, 0.6) is 0 Å². The SMILES string of the molecule is CC1=C(C(=O)NCN=[N+]=[N-])N2C(=O)C(NC(=O)CCC(C)C3CCC4C5CCC6CC(O)CCC6(C)C5CC(O)C34C)C2SC1. The zero-order valence-corrected chi connectivity index (χ0v) is 27.9. The number of β-lactam (4-membered cyclic amide) rings is 1. The minimum atomic E-state index is -0.672. The van der Waals surface area contributed by atoms with Crippen molar-refractivity contribution in [1.82, 2.24) is 15.5 Å². The third-order valence-electron chi connectivity index (χ3n) is 13.4. The molecule has 2 aliphatic heterocycles. The first-order valence-electron chi connectivity index (χ1n) is 17.0. The molecule has 4 saturated carbocycles. The maximum Gasteiger partial charge on any atom is 0.268 e. The molecule has 6 aliphatic rings. The fraction of sp³-hybridized carbons (Fsp3) is 0.848. The number of fused-ring (bicyclic) bond motifs is 6. The molecule has 12 atom stereocenters. The highest BCUT2D eigenvalue weighted by Crippen LogP contribution is 2.68. The Morgan fingerprint density at radius 1 is 1.16 bits per heavy atom. The fourth-order valence-corrected chi connectivity index (χ4v) is 12.3. The van der Waals surface area contributed by atoms with E-state index >= 15 is 0 Å². The number of azide groups is 1. The number of aliphatic hydroxyl groups is 2. The molecule has 0 aromatic rings. The Kier molecular flexibility index (Phi) is 9.00. The number of rotatable bonds is 8. The molecular weight excluding hydrogens is 592 g/mol. The predicted octanol–water partition coefficient (Wildman–Crippen LogP) is 4.45. The van der Waals surface area contributed by atoms with E-state index in [1.807, 2.05) is 0 Å². The Balaban J connectivity index is 1.05. The third-order valence-corrected chi connectivity index (χ3v) is 14.8. The van der Waals surface area contributed by atoms with Crippen LogP contribution in [0.2, 0.25) is 0 Å². The Morgan fingerprint density at radius 2 is 1.93 bits per heavy atom. The van der Waals surface area contributed by atoms with E-state index in [0.717, 1.165) is 44.1 Å². The van der Waals surface area contributed by atoms with Gasteiger partial charge < -0.3 is 20.8 Å².